The Bertz CT molecular complexity index is 319. The maximum Gasteiger partial charge on any atom is 0.129 e. The van der Waals surface area contributed by atoms with Crippen LogP contribution in [0.1, 0.15) is 31.7 Å². The lowest BCUT2D eigenvalue weighted by Gasteiger charge is -2.15. The minimum Gasteiger partial charge on any atom is -0.313 e. The fraction of sp³-hybridized carbons (Fsp3) is 0.615. The van der Waals surface area contributed by atoms with E-state index in [1.54, 1.807) is 0 Å². The summed E-state index contributed by atoms with van der Waals surface area (Å²) in [6.07, 6.45) is 6.96. The van der Waals surface area contributed by atoms with Crippen LogP contribution in [0.25, 0.3) is 0 Å². The van der Waals surface area contributed by atoms with Gasteiger partial charge in [0.15, 0.2) is 0 Å². The number of hydrogen-bond donors (Lipinski definition) is 1. The number of aromatic nitrogens is 1. The first-order valence-electron chi connectivity index (χ1n) is 6.13. The minimum absolute atomic E-state index is 0.570. The summed E-state index contributed by atoms with van der Waals surface area (Å²) in [4.78, 5) is 4.08. The number of hydrogen-bond acceptors (Lipinski definition) is 2. The fourth-order valence-electron chi connectivity index (χ4n) is 2.10. The van der Waals surface area contributed by atoms with E-state index < -0.39 is 0 Å². The Hall–Kier alpha value is -0.600. The van der Waals surface area contributed by atoms with E-state index in [0.29, 0.717) is 5.15 Å². The topological polar surface area (TPSA) is 24.9 Å². The van der Waals surface area contributed by atoms with Crippen LogP contribution in [0.4, 0.5) is 0 Å². The van der Waals surface area contributed by atoms with Crippen molar-refractivity contribution in [3.8, 4) is 0 Å². The largest absolute Gasteiger partial charge is 0.313 e. The highest BCUT2D eigenvalue weighted by Gasteiger charge is 2.29. The maximum atomic E-state index is 5.74. The predicted molar refractivity (Wildman–Crippen MR) is 67.8 cm³/mol. The standard InChI is InChI=1S/C13H19ClN2/c1-2-12(11-4-5-11)15-8-7-10-3-6-13(14)16-9-10/h3,6,9,11-12,15H,2,4-5,7-8H2,1H3. The molecule has 0 radical (unpaired) electrons. The van der Waals surface area contributed by atoms with Crippen LogP contribution < -0.4 is 5.32 Å². The van der Waals surface area contributed by atoms with Gasteiger partial charge in [-0.2, -0.15) is 0 Å². The Kier molecular flexibility index (Phi) is 4.19. The van der Waals surface area contributed by atoms with Crippen LogP contribution in [0.3, 0.4) is 0 Å². The second kappa shape index (κ2) is 5.65. The average molecular weight is 239 g/mol. The van der Waals surface area contributed by atoms with Crippen molar-refractivity contribution >= 4 is 11.6 Å². The summed E-state index contributed by atoms with van der Waals surface area (Å²) >= 11 is 5.74. The third kappa shape index (κ3) is 3.46. The van der Waals surface area contributed by atoms with Crippen LogP contribution in [-0.2, 0) is 6.42 Å². The van der Waals surface area contributed by atoms with Gasteiger partial charge in [-0.3, -0.25) is 0 Å². The van der Waals surface area contributed by atoms with Crippen molar-refractivity contribution < 1.29 is 0 Å². The molecule has 3 heteroatoms. The molecule has 0 aliphatic heterocycles. The molecule has 16 heavy (non-hydrogen) atoms. The second-order valence-corrected chi connectivity index (χ2v) is 4.93. The number of pyridine rings is 1. The van der Waals surface area contributed by atoms with Crippen molar-refractivity contribution in [2.45, 2.75) is 38.6 Å². The predicted octanol–water partition coefficient (Wildman–Crippen LogP) is 3.06. The monoisotopic (exact) mass is 238 g/mol. The summed E-state index contributed by atoms with van der Waals surface area (Å²) in [6, 6.07) is 4.63. The first kappa shape index (κ1) is 11.9. The number of halogens is 1. The highest BCUT2D eigenvalue weighted by Crippen LogP contribution is 2.33. The van der Waals surface area contributed by atoms with Crippen LogP contribution in [0.2, 0.25) is 5.15 Å². The van der Waals surface area contributed by atoms with Crippen molar-refractivity contribution in [1.29, 1.82) is 0 Å². The van der Waals surface area contributed by atoms with Crippen LogP contribution in [0, 0.1) is 5.92 Å². The molecule has 1 atom stereocenters. The Labute approximate surface area is 102 Å². The third-order valence-corrected chi connectivity index (χ3v) is 3.46. The zero-order valence-corrected chi connectivity index (χ0v) is 10.5. The molecule has 1 aliphatic carbocycles. The van der Waals surface area contributed by atoms with Gasteiger partial charge < -0.3 is 5.32 Å². The molecule has 0 saturated heterocycles. The van der Waals surface area contributed by atoms with Gasteiger partial charge in [0.05, 0.1) is 0 Å². The first-order chi connectivity index (χ1) is 7.79. The van der Waals surface area contributed by atoms with E-state index >= 15 is 0 Å². The third-order valence-electron chi connectivity index (χ3n) is 3.24. The summed E-state index contributed by atoms with van der Waals surface area (Å²) in [6.45, 7) is 3.30. The van der Waals surface area contributed by atoms with Gasteiger partial charge in [0.1, 0.15) is 5.15 Å². The Morgan fingerprint density at radius 2 is 2.31 bits per heavy atom. The van der Waals surface area contributed by atoms with Gasteiger partial charge >= 0.3 is 0 Å². The van der Waals surface area contributed by atoms with Crippen LogP contribution in [-0.4, -0.2) is 17.6 Å². The molecule has 1 N–H and O–H groups in total. The lowest BCUT2D eigenvalue weighted by atomic mass is 10.1. The molecule has 1 aromatic rings. The Balaban J connectivity index is 1.72. The summed E-state index contributed by atoms with van der Waals surface area (Å²) in [5.74, 6) is 0.938. The lowest BCUT2D eigenvalue weighted by Crippen LogP contribution is -2.32. The van der Waals surface area contributed by atoms with Gasteiger partial charge in [0.25, 0.3) is 0 Å². The van der Waals surface area contributed by atoms with Crippen LogP contribution in [0.5, 0.6) is 0 Å². The van der Waals surface area contributed by atoms with Crippen molar-refractivity contribution in [2.75, 3.05) is 6.54 Å². The molecule has 1 heterocycles. The van der Waals surface area contributed by atoms with Gasteiger partial charge in [-0.15, -0.1) is 0 Å². The second-order valence-electron chi connectivity index (χ2n) is 4.55. The molecule has 1 unspecified atom stereocenters. The minimum atomic E-state index is 0.570. The van der Waals surface area contributed by atoms with Crippen LogP contribution >= 0.6 is 11.6 Å². The quantitative estimate of drug-likeness (QED) is 0.771. The van der Waals surface area contributed by atoms with Gasteiger partial charge in [-0.1, -0.05) is 24.6 Å². The molecule has 0 spiro atoms. The molecule has 1 aliphatic rings. The van der Waals surface area contributed by atoms with Gasteiger partial charge in [-0.05, 0) is 49.8 Å². The van der Waals surface area contributed by atoms with Gasteiger partial charge in [0, 0.05) is 12.2 Å². The lowest BCUT2D eigenvalue weighted by molar-refractivity contribution is 0.453. The molecular weight excluding hydrogens is 220 g/mol. The van der Waals surface area contributed by atoms with E-state index in [9.17, 15) is 0 Å². The zero-order valence-electron chi connectivity index (χ0n) is 9.75. The van der Waals surface area contributed by atoms with E-state index in [4.69, 9.17) is 11.6 Å². The van der Waals surface area contributed by atoms with Gasteiger partial charge in [0.2, 0.25) is 0 Å². The molecule has 2 rings (SSSR count). The number of rotatable bonds is 6. The number of nitrogens with zero attached hydrogens (tertiary/aromatic N) is 1. The van der Waals surface area contributed by atoms with Crippen molar-refractivity contribution in [2.24, 2.45) is 5.92 Å². The molecule has 2 nitrogen and oxygen atoms in total. The van der Waals surface area contributed by atoms with Crippen molar-refractivity contribution in [3.05, 3.63) is 29.0 Å². The molecule has 1 fully saturated rings. The van der Waals surface area contributed by atoms with E-state index in [1.165, 1.54) is 24.8 Å². The SMILES string of the molecule is CCC(NCCc1ccc(Cl)nc1)C1CC1. The fourth-order valence-corrected chi connectivity index (χ4v) is 2.21. The normalized spacial score (nSPS) is 17.4. The van der Waals surface area contributed by atoms with E-state index in [-0.39, 0.29) is 0 Å². The van der Waals surface area contributed by atoms with E-state index in [2.05, 4.69) is 23.3 Å². The molecule has 0 aromatic carbocycles. The highest BCUT2D eigenvalue weighted by atomic mass is 35.5. The highest BCUT2D eigenvalue weighted by molar-refractivity contribution is 6.29. The van der Waals surface area contributed by atoms with Crippen molar-refractivity contribution in [1.82, 2.24) is 10.3 Å². The smallest absolute Gasteiger partial charge is 0.129 e. The molecular formula is C13H19ClN2. The van der Waals surface area contributed by atoms with E-state index in [0.717, 1.165) is 24.9 Å². The summed E-state index contributed by atoms with van der Waals surface area (Å²) in [5.41, 5.74) is 1.25. The molecule has 1 aromatic heterocycles. The molecule has 1 saturated carbocycles. The van der Waals surface area contributed by atoms with Gasteiger partial charge in [-0.25, -0.2) is 4.98 Å². The average Bonchev–Trinajstić information content (AvgIpc) is 3.11. The number of nitrogens with one attached hydrogen (secondary N) is 1. The van der Waals surface area contributed by atoms with Crippen LogP contribution in [0.15, 0.2) is 18.3 Å². The molecule has 0 amide bonds. The van der Waals surface area contributed by atoms with Crippen molar-refractivity contribution in [3.63, 3.8) is 0 Å². The Morgan fingerprint density at radius 3 is 2.88 bits per heavy atom. The molecule has 88 valence electrons. The maximum absolute atomic E-state index is 5.74. The first-order valence-corrected chi connectivity index (χ1v) is 6.51. The summed E-state index contributed by atoms with van der Waals surface area (Å²) in [5, 5.41) is 4.20. The summed E-state index contributed by atoms with van der Waals surface area (Å²) < 4.78 is 0. The van der Waals surface area contributed by atoms with E-state index in [1.807, 2.05) is 12.3 Å². The zero-order chi connectivity index (χ0) is 11.4. The molecule has 0 bridgehead atoms. The summed E-state index contributed by atoms with van der Waals surface area (Å²) in [7, 11) is 0. The Morgan fingerprint density at radius 1 is 1.50 bits per heavy atom.